The van der Waals surface area contributed by atoms with E-state index in [-0.39, 0.29) is 18.0 Å². The van der Waals surface area contributed by atoms with Gasteiger partial charge in [0.1, 0.15) is 5.75 Å². The van der Waals surface area contributed by atoms with E-state index in [4.69, 9.17) is 4.74 Å². The van der Waals surface area contributed by atoms with Gasteiger partial charge in [-0.05, 0) is 91.5 Å². The van der Waals surface area contributed by atoms with Crippen LogP contribution >= 0.6 is 0 Å². The van der Waals surface area contributed by atoms with E-state index in [1.165, 1.54) is 0 Å². The van der Waals surface area contributed by atoms with Gasteiger partial charge in [-0.1, -0.05) is 6.07 Å². The number of ether oxygens (including phenoxy) is 1. The summed E-state index contributed by atoms with van der Waals surface area (Å²) in [5.74, 6) is 0.943. The smallest absolute Gasteiger partial charge is 0.254 e. The number of nitrogens with zero attached hydrogens (tertiary/aromatic N) is 2. The van der Waals surface area contributed by atoms with Crippen LogP contribution in [0.2, 0.25) is 0 Å². The third-order valence-electron chi connectivity index (χ3n) is 5.49. The van der Waals surface area contributed by atoms with Gasteiger partial charge in [-0.15, -0.1) is 0 Å². The zero-order valence-electron chi connectivity index (χ0n) is 19.7. The Morgan fingerprint density at radius 3 is 2.07 bits per heavy atom. The molecule has 0 saturated carbocycles. The van der Waals surface area contributed by atoms with Gasteiger partial charge in [0.05, 0.1) is 7.11 Å². The second-order valence-corrected chi connectivity index (χ2v) is 8.61. The summed E-state index contributed by atoms with van der Waals surface area (Å²) >= 11 is 0. The Kier molecular flexibility index (Phi) is 8.30. The lowest BCUT2D eigenvalue weighted by atomic mass is 10.0. The molecular formula is C25H37N3O2. The molecule has 2 aromatic carbocycles. The van der Waals surface area contributed by atoms with Crippen molar-refractivity contribution in [2.45, 2.75) is 59.2 Å². The molecule has 0 aromatic heterocycles. The fourth-order valence-corrected chi connectivity index (χ4v) is 3.63. The van der Waals surface area contributed by atoms with Crippen molar-refractivity contribution in [2.75, 3.05) is 26.5 Å². The molecule has 0 radical (unpaired) electrons. The van der Waals surface area contributed by atoms with Gasteiger partial charge < -0.3 is 19.9 Å². The lowest BCUT2D eigenvalue weighted by molar-refractivity contribution is 0.0644. The topological polar surface area (TPSA) is 44.8 Å². The summed E-state index contributed by atoms with van der Waals surface area (Å²) in [6.45, 7) is 10.4. The number of carbonyl (C=O) groups excluding carboxylic acids is 1. The number of hydrogen-bond donors (Lipinski definition) is 1. The van der Waals surface area contributed by atoms with E-state index in [9.17, 15) is 4.79 Å². The molecule has 0 aliphatic heterocycles. The molecule has 30 heavy (non-hydrogen) atoms. The zero-order valence-corrected chi connectivity index (χ0v) is 19.7. The van der Waals surface area contributed by atoms with Gasteiger partial charge in [0.15, 0.2) is 0 Å². The van der Waals surface area contributed by atoms with Gasteiger partial charge in [-0.3, -0.25) is 4.79 Å². The highest BCUT2D eigenvalue weighted by molar-refractivity contribution is 5.95. The van der Waals surface area contributed by atoms with Crippen molar-refractivity contribution in [1.29, 1.82) is 0 Å². The van der Waals surface area contributed by atoms with Gasteiger partial charge in [-0.25, -0.2) is 0 Å². The fourth-order valence-electron chi connectivity index (χ4n) is 3.63. The Labute approximate surface area is 182 Å². The molecule has 2 rings (SSSR count). The van der Waals surface area contributed by atoms with Crippen molar-refractivity contribution < 1.29 is 9.53 Å². The number of hydrogen-bond acceptors (Lipinski definition) is 4. The maximum atomic E-state index is 12.9. The van der Waals surface area contributed by atoms with E-state index in [0.29, 0.717) is 11.6 Å². The van der Waals surface area contributed by atoms with Crippen molar-refractivity contribution in [1.82, 2.24) is 9.80 Å². The number of benzene rings is 2. The zero-order chi connectivity index (χ0) is 22.4. The van der Waals surface area contributed by atoms with Crippen molar-refractivity contribution in [3.05, 3.63) is 53.6 Å². The number of carbonyl (C=O) groups is 1. The third-order valence-corrected chi connectivity index (χ3v) is 5.49. The first-order chi connectivity index (χ1) is 14.1. The number of methoxy groups -OCH3 is 1. The van der Waals surface area contributed by atoms with Gasteiger partial charge in [0.25, 0.3) is 5.91 Å². The molecule has 5 nitrogen and oxygen atoms in total. The summed E-state index contributed by atoms with van der Waals surface area (Å²) < 4.78 is 5.62. The Morgan fingerprint density at radius 1 is 0.967 bits per heavy atom. The SMILES string of the molecule is COc1cccc(Nc2ccc(C(=O)N(C(C)C)C(C)C)cc2)c1CC(C)N(C)C. The first-order valence-corrected chi connectivity index (χ1v) is 10.7. The van der Waals surface area contributed by atoms with Crippen LogP contribution in [0, 0.1) is 0 Å². The third kappa shape index (κ3) is 5.76. The van der Waals surface area contributed by atoms with Gasteiger partial charge in [0, 0.05) is 40.6 Å². The summed E-state index contributed by atoms with van der Waals surface area (Å²) in [5.41, 5.74) is 3.81. The minimum atomic E-state index is 0.0634. The minimum Gasteiger partial charge on any atom is -0.496 e. The average molecular weight is 412 g/mol. The monoisotopic (exact) mass is 411 g/mol. The lowest BCUT2D eigenvalue weighted by Gasteiger charge is -2.31. The quantitative estimate of drug-likeness (QED) is 0.617. The molecule has 0 heterocycles. The maximum Gasteiger partial charge on any atom is 0.254 e. The van der Waals surface area contributed by atoms with Crippen LogP contribution in [0.3, 0.4) is 0 Å². The number of rotatable bonds is 9. The predicted octanol–water partition coefficient (Wildman–Crippen LogP) is 5.19. The summed E-state index contributed by atoms with van der Waals surface area (Å²) in [5, 5.41) is 3.51. The molecular weight excluding hydrogens is 374 g/mol. The van der Waals surface area contributed by atoms with E-state index < -0.39 is 0 Å². The van der Waals surface area contributed by atoms with Crippen molar-refractivity contribution in [3.8, 4) is 5.75 Å². The summed E-state index contributed by atoms with van der Waals surface area (Å²) in [4.78, 5) is 17.0. The standard InChI is InChI=1S/C25H37N3O2/c1-17(2)28(18(3)4)25(29)20-12-14-21(15-13-20)26-23-10-9-11-24(30-8)22(23)16-19(5)27(6)7/h9-15,17-19,26H,16H2,1-8H3. The van der Waals surface area contributed by atoms with E-state index >= 15 is 0 Å². The van der Waals surface area contributed by atoms with Crippen LogP contribution in [0.15, 0.2) is 42.5 Å². The maximum absolute atomic E-state index is 12.9. The van der Waals surface area contributed by atoms with Gasteiger partial charge >= 0.3 is 0 Å². The Bertz CT molecular complexity index is 821. The fraction of sp³-hybridized carbons (Fsp3) is 0.480. The number of anilines is 2. The molecule has 0 aliphatic rings. The van der Waals surface area contributed by atoms with Crippen LogP contribution in [0.25, 0.3) is 0 Å². The van der Waals surface area contributed by atoms with E-state index in [0.717, 1.165) is 29.1 Å². The molecule has 1 atom stereocenters. The lowest BCUT2D eigenvalue weighted by Crippen LogP contribution is -2.42. The number of amides is 1. The number of likely N-dealkylation sites (N-methyl/N-ethyl adjacent to an activating group) is 1. The first-order valence-electron chi connectivity index (χ1n) is 10.7. The Morgan fingerprint density at radius 2 is 1.57 bits per heavy atom. The molecule has 164 valence electrons. The van der Waals surface area contributed by atoms with Crippen molar-refractivity contribution in [2.24, 2.45) is 0 Å². The molecule has 0 bridgehead atoms. The normalized spacial score (nSPS) is 12.4. The molecule has 0 saturated heterocycles. The molecule has 1 unspecified atom stereocenters. The van der Waals surface area contributed by atoms with E-state index in [1.54, 1.807) is 7.11 Å². The van der Waals surface area contributed by atoms with Crippen molar-refractivity contribution in [3.63, 3.8) is 0 Å². The Balaban J connectivity index is 2.26. The molecule has 1 amide bonds. The molecule has 0 spiro atoms. The summed E-state index contributed by atoms with van der Waals surface area (Å²) in [6.07, 6.45) is 0.869. The van der Waals surface area contributed by atoms with Crippen LogP contribution < -0.4 is 10.1 Å². The second-order valence-electron chi connectivity index (χ2n) is 8.61. The highest BCUT2D eigenvalue weighted by Gasteiger charge is 2.21. The first kappa shape index (κ1) is 23.7. The average Bonchev–Trinajstić information content (AvgIpc) is 2.69. The minimum absolute atomic E-state index is 0.0634. The van der Waals surface area contributed by atoms with Crippen molar-refractivity contribution >= 4 is 17.3 Å². The highest BCUT2D eigenvalue weighted by atomic mass is 16.5. The van der Waals surface area contributed by atoms with Crippen LogP contribution in [0.1, 0.15) is 50.5 Å². The van der Waals surface area contributed by atoms with Crippen LogP contribution in [0.5, 0.6) is 5.75 Å². The predicted molar refractivity (Wildman–Crippen MR) is 126 cm³/mol. The highest BCUT2D eigenvalue weighted by Crippen LogP contribution is 2.31. The number of nitrogens with one attached hydrogen (secondary N) is 1. The molecule has 1 N–H and O–H groups in total. The summed E-state index contributed by atoms with van der Waals surface area (Å²) in [6, 6.07) is 14.5. The molecule has 2 aromatic rings. The van der Waals surface area contributed by atoms with Gasteiger partial charge in [0.2, 0.25) is 0 Å². The Hall–Kier alpha value is -2.53. The van der Waals surface area contributed by atoms with Gasteiger partial charge in [-0.2, -0.15) is 0 Å². The van der Waals surface area contributed by atoms with E-state index in [2.05, 4.69) is 37.3 Å². The molecule has 5 heteroatoms. The molecule has 0 fully saturated rings. The van der Waals surface area contributed by atoms with Crippen LogP contribution in [-0.4, -0.2) is 55.0 Å². The van der Waals surface area contributed by atoms with Crippen LogP contribution in [0.4, 0.5) is 11.4 Å². The molecule has 0 aliphatic carbocycles. The van der Waals surface area contributed by atoms with E-state index in [1.807, 2.05) is 69.0 Å². The van der Waals surface area contributed by atoms with Crippen LogP contribution in [-0.2, 0) is 6.42 Å². The summed E-state index contributed by atoms with van der Waals surface area (Å²) in [7, 11) is 5.87. The second kappa shape index (κ2) is 10.5. The largest absolute Gasteiger partial charge is 0.496 e.